The molecule has 38 heavy (non-hydrogen) atoms. The summed E-state index contributed by atoms with van der Waals surface area (Å²) in [7, 11) is -4.53. The van der Waals surface area contributed by atoms with Gasteiger partial charge in [0.05, 0.1) is 11.1 Å². The molecule has 0 amide bonds. The zero-order valence-electron chi connectivity index (χ0n) is 20.6. The number of ether oxygens (including phenoxy) is 1. The van der Waals surface area contributed by atoms with Crippen LogP contribution in [-0.4, -0.2) is 55.2 Å². The van der Waals surface area contributed by atoms with Crippen molar-refractivity contribution >= 4 is 39.3 Å². The van der Waals surface area contributed by atoms with E-state index in [4.69, 9.17) is 14.6 Å². The molecule has 0 radical (unpaired) electrons. The summed E-state index contributed by atoms with van der Waals surface area (Å²) >= 11 is 1.13. The first-order valence-corrected chi connectivity index (χ1v) is 13.8. The number of benzene rings is 2. The second kappa shape index (κ2) is 12.6. The summed E-state index contributed by atoms with van der Waals surface area (Å²) < 4.78 is 76.6. The van der Waals surface area contributed by atoms with Gasteiger partial charge in [-0.1, -0.05) is 12.1 Å². The monoisotopic (exact) mass is 572 g/mol. The smallest absolute Gasteiger partial charge is 0.290 e. The van der Waals surface area contributed by atoms with Gasteiger partial charge in [-0.25, -0.2) is 26.6 Å². The fourth-order valence-electron chi connectivity index (χ4n) is 4.20. The Bertz CT molecular complexity index is 1330. The highest BCUT2D eigenvalue weighted by Crippen LogP contribution is 2.29. The van der Waals surface area contributed by atoms with Crippen LogP contribution in [0.5, 0.6) is 0 Å². The Kier molecular flexibility index (Phi) is 9.71. The number of aromatic nitrogens is 1. The van der Waals surface area contributed by atoms with E-state index in [9.17, 15) is 21.6 Å². The first kappa shape index (κ1) is 29.4. The maximum Gasteiger partial charge on any atom is 0.290 e. The first-order valence-electron chi connectivity index (χ1n) is 11.4. The standard InChI is InChI=1S/C23H25F3N4O3S2.CH2O2/c1-3-33-23(2)12-30(13-23)10-15-5-4-6-18(24)17(15)9-27-16-7-19(25)22(20(26)8-16)35(31,32)29-21-11-34-14-28-21;2-1-3/h4-8,11,14,27,29H,3,9-10,12-13H2,1-2H3;1H,(H,2,3). The molecule has 0 spiro atoms. The average molecular weight is 573 g/mol. The number of carbonyl (C=O) groups is 1. The van der Waals surface area contributed by atoms with Gasteiger partial charge in [-0.3, -0.25) is 14.4 Å². The van der Waals surface area contributed by atoms with Crippen LogP contribution in [0.3, 0.4) is 0 Å². The highest BCUT2D eigenvalue weighted by molar-refractivity contribution is 7.92. The van der Waals surface area contributed by atoms with Crippen molar-refractivity contribution in [3.05, 3.63) is 69.8 Å². The molecule has 0 atom stereocenters. The van der Waals surface area contributed by atoms with Gasteiger partial charge < -0.3 is 15.2 Å². The molecule has 0 unspecified atom stereocenters. The molecule has 2 heterocycles. The van der Waals surface area contributed by atoms with Crippen molar-refractivity contribution < 1.29 is 36.2 Å². The number of carboxylic acid groups (broad SMARTS) is 1. The Morgan fingerprint density at radius 1 is 1.21 bits per heavy atom. The summed E-state index contributed by atoms with van der Waals surface area (Å²) in [6.45, 7) is 6.22. The summed E-state index contributed by atoms with van der Waals surface area (Å²) in [6.07, 6.45) is 0. The minimum Gasteiger partial charge on any atom is -0.483 e. The molecular weight excluding hydrogens is 545 g/mol. The Morgan fingerprint density at radius 3 is 2.45 bits per heavy atom. The number of halogens is 3. The lowest BCUT2D eigenvalue weighted by molar-refractivity contribution is -0.131. The van der Waals surface area contributed by atoms with Gasteiger partial charge >= 0.3 is 0 Å². The van der Waals surface area contributed by atoms with Crippen LogP contribution in [0.2, 0.25) is 0 Å². The molecule has 1 saturated heterocycles. The Morgan fingerprint density at radius 2 is 1.87 bits per heavy atom. The quantitative estimate of drug-likeness (QED) is 0.308. The number of hydrogen-bond acceptors (Lipinski definition) is 8. The van der Waals surface area contributed by atoms with Crippen molar-refractivity contribution in [2.75, 3.05) is 29.7 Å². The molecule has 2 aromatic carbocycles. The van der Waals surface area contributed by atoms with E-state index < -0.39 is 32.4 Å². The summed E-state index contributed by atoms with van der Waals surface area (Å²) in [5, 5.41) is 11.1. The first-order chi connectivity index (χ1) is 18.0. The second-order valence-electron chi connectivity index (χ2n) is 8.61. The lowest BCUT2D eigenvalue weighted by Crippen LogP contribution is -2.60. The third kappa shape index (κ3) is 7.22. The van der Waals surface area contributed by atoms with Crippen LogP contribution in [0, 0.1) is 17.5 Å². The predicted octanol–water partition coefficient (Wildman–Crippen LogP) is 4.28. The van der Waals surface area contributed by atoms with Crippen molar-refractivity contribution in [3.8, 4) is 0 Å². The van der Waals surface area contributed by atoms with Crippen LogP contribution in [0.25, 0.3) is 0 Å². The van der Waals surface area contributed by atoms with Crippen LogP contribution in [-0.2, 0) is 32.6 Å². The highest BCUT2D eigenvalue weighted by Gasteiger charge is 2.39. The number of sulfonamides is 1. The molecule has 1 aromatic heterocycles. The minimum atomic E-state index is -4.53. The average Bonchev–Trinajstić information content (AvgIpc) is 3.30. The molecule has 4 rings (SSSR count). The molecule has 3 aromatic rings. The van der Waals surface area contributed by atoms with Crippen molar-refractivity contribution in [3.63, 3.8) is 0 Å². The largest absolute Gasteiger partial charge is 0.483 e. The van der Waals surface area contributed by atoms with Crippen molar-refractivity contribution in [1.29, 1.82) is 0 Å². The van der Waals surface area contributed by atoms with Crippen LogP contribution in [0.1, 0.15) is 25.0 Å². The number of rotatable bonds is 10. The number of hydrogen-bond donors (Lipinski definition) is 3. The molecule has 3 N–H and O–H groups in total. The van der Waals surface area contributed by atoms with Crippen molar-refractivity contribution in [1.82, 2.24) is 9.88 Å². The van der Waals surface area contributed by atoms with E-state index in [0.29, 0.717) is 31.8 Å². The SMILES string of the molecule is CCOC1(C)CN(Cc2cccc(F)c2CNc2cc(F)c(S(=O)(=O)Nc3cscn3)c(F)c2)C1.O=CO. The number of thiazole rings is 1. The van der Waals surface area contributed by atoms with Gasteiger partial charge in [-0.05, 0) is 37.6 Å². The van der Waals surface area contributed by atoms with Crippen molar-refractivity contribution in [2.24, 2.45) is 0 Å². The van der Waals surface area contributed by atoms with Crippen LogP contribution in [0.4, 0.5) is 24.7 Å². The molecule has 0 aliphatic carbocycles. The number of anilines is 2. The van der Waals surface area contributed by atoms with Gasteiger partial charge in [0, 0.05) is 49.4 Å². The van der Waals surface area contributed by atoms with Gasteiger partial charge in [0.2, 0.25) is 0 Å². The fraction of sp³-hybridized carbons (Fsp3) is 0.333. The van der Waals surface area contributed by atoms with E-state index in [1.807, 2.05) is 18.6 Å². The third-order valence-electron chi connectivity index (χ3n) is 5.63. The fourth-order valence-corrected chi connectivity index (χ4v) is 5.88. The number of likely N-dealkylation sites (tertiary alicyclic amines) is 1. The van der Waals surface area contributed by atoms with Crippen LogP contribution >= 0.6 is 11.3 Å². The van der Waals surface area contributed by atoms with Gasteiger partial charge in [-0.15, -0.1) is 11.3 Å². The Labute approximate surface area is 222 Å². The van der Waals surface area contributed by atoms with E-state index >= 15 is 0 Å². The maximum absolute atomic E-state index is 14.7. The zero-order valence-corrected chi connectivity index (χ0v) is 22.2. The summed E-state index contributed by atoms with van der Waals surface area (Å²) in [4.78, 5) is 13.1. The van der Waals surface area contributed by atoms with Gasteiger partial charge in [0.25, 0.3) is 16.5 Å². The molecule has 0 bridgehead atoms. The number of nitrogens with one attached hydrogen (secondary N) is 2. The Hall–Kier alpha value is -3.20. The van der Waals surface area contributed by atoms with E-state index in [-0.39, 0.29) is 30.1 Å². The lowest BCUT2D eigenvalue weighted by atomic mass is 9.94. The summed E-state index contributed by atoms with van der Waals surface area (Å²) in [6, 6.07) is 6.47. The minimum absolute atomic E-state index is 0.0188. The predicted molar refractivity (Wildman–Crippen MR) is 137 cm³/mol. The molecule has 14 heteroatoms. The van der Waals surface area contributed by atoms with Gasteiger partial charge in [0.15, 0.2) is 10.7 Å². The van der Waals surface area contributed by atoms with Crippen LogP contribution in [0.15, 0.2) is 46.1 Å². The van der Waals surface area contributed by atoms with Gasteiger partial charge in [-0.2, -0.15) is 0 Å². The molecular formula is C24H27F3N4O5S2. The highest BCUT2D eigenvalue weighted by atomic mass is 32.2. The van der Waals surface area contributed by atoms with E-state index in [2.05, 4.69) is 15.2 Å². The third-order valence-corrected chi connectivity index (χ3v) is 7.62. The molecule has 206 valence electrons. The molecule has 9 nitrogen and oxygen atoms in total. The van der Waals surface area contributed by atoms with Crippen LogP contribution < -0.4 is 10.0 Å². The topological polar surface area (TPSA) is 121 Å². The molecule has 1 fully saturated rings. The van der Waals surface area contributed by atoms with Crippen molar-refractivity contribution in [2.45, 2.75) is 37.4 Å². The summed E-state index contributed by atoms with van der Waals surface area (Å²) in [5.41, 5.74) is 2.25. The molecule has 0 saturated carbocycles. The lowest BCUT2D eigenvalue weighted by Gasteiger charge is -2.47. The molecule has 1 aliphatic heterocycles. The molecule has 1 aliphatic rings. The Balaban J connectivity index is 0.00000127. The zero-order chi connectivity index (χ0) is 27.9. The van der Waals surface area contributed by atoms with E-state index in [0.717, 1.165) is 29.0 Å². The van der Waals surface area contributed by atoms with E-state index in [1.54, 1.807) is 12.1 Å². The maximum atomic E-state index is 14.7. The number of nitrogens with zero attached hydrogens (tertiary/aromatic N) is 2. The second-order valence-corrected chi connectivity index (χ2v) is 11.0. The summed E-state index contributed by atoms with van der Waals surface area (Å²) in [5.74, 6) is -3.04. The normalized spacial score (nSPS) is 14.7. The van der Waals surface area contributed by atoms with Gasteiger partial charge in [0.1, 0.15) is 17.5 Å². The van der Waals surface area contributed by atoms with E-state index in [1.165, 1.54) is 17.0 Å².